The molecule has 1 aromatic carbocycles. The molecule has 0 saturated heterocycles. The average molecular weight is 215 g/mol. The van der Waals surface area contributed by atoms with Crippen molar-refractivity contribution in [3.63, 3.8) is 0 Å². The molecule has 1 heterocycles. The summed E-state index contributed by atoms with van der Waals surface area (Å²) < 4.78 is 9.67. The Balaban J connectivity index is 0.00000112. The summed E-state index contributed by atoms with van der Waals surface area (Å²) in [6, 6.07) is 6.30. The molecule has 0 saturated carbocycles. The van der Waals surface area contributed by atoms with Gasteiger partial charge in [0.2, 0.25) is 0 Å². The average Bonchev–Trinajstić information content (AvgIpc) is 2.26. The van der Waals surface area contributed by atoms with Crippen LogP contribution in [0.5, 0.6) is 0 Å². The van der Waals surface area contributed by atoms with Crippen molar-refractivity contribution in [2.24, 2.45) is 0 Å². The second kappa shape index (κ2) is 5.30. The van der Waals surface area contributed by atoms with Crippen LogP contribution in [-0.4, -0.2) is 54.7 Å². The zero-order chi connectivity index (χ0) is 9.97. The van der Waals surface area contributed by atoms with Crippen LogP contribution in [-0.2, 0) is 9.47 Å². The van der Waals surface area contributed by atoms with Crippen molar-refractivity contribution in [1.29, 1.82) is 0 Å². The zero-order valence-electron chi connectivity index (χ0n) is 8.36. The number of cyclic esters (lactones) is 2. The van der Waals surface area contributed by atoms with E-state index in [1.165, 1.54) is 6.07 Å². The molecule has 2 rings (SSSR count). The van der Waals surface area contributed by atoms with Gasteiger partial charge in [-0.1, -0.05) is 6.07 Å². The molecule has 5 heteroatoms. The van der Waals surface area contributed by atoms with E-state index in [2.05, 4.69) is 0 Å². The summed E-state index contributed by atoms with van der Waals surface area (Å²) >= 11 is 0. The standard InChI is InChI=1S/C10H8O4.Na/c11-9-7-2-1-3-8(6-7)10(12)14-5-4-13-9;/h1-3,6H,4-5H2;. The third kappa shape index (κ3) is 2.81. The van der Waals surface area contributed by atoms with Crippen molar-refractivity contribution in [3.8, 4) is 0 Å². The fourth-order valence-corrected chi connectivity index (χ4v) is 1.21. The zero-order valence-corrected chi connectivity index (χ0v) is 10.4. The van der Waals surface area contributed by atoms with Gasteiger partial charge in [0, 0.05) is 29.6 Å². The number of ether oxygens (including phenoxy) is 2. The molecule has 0 amide bonds. The monoisotopic (exact) mass is 215 g/mol. The molecule has 0 atom stereocenters. The maximum Gasteiger partial charge on any atom is 0.338 e. The van der Waals surface area contributed by atoms with Crippen molar-refractivity contribution in [2.75, 3.05) is 13.2 Å². The molecule has 1 radical (unpaired) electrons. The van der Waals surface area contributed by atoms with Crippen LogP contribution in [0.2, 0.25) is 0 Å². The fourth-order valence-electron chi connectivity index (χ4n) is 1.21. The summed E-state index contributed by atoms with van der Waals surface area (Å²) in [6.45, 7) is 0.200. The molecular formula is C10H8NaO4. The van der Waals surface area contributed by atoms with Gasteiger partial charge < -0.3 is 9.47 Å². The van der Waals surface area contributed by atoms with Crippen molar-refractivity contribution < 1.29 is 19.1 Å². The van der Waals surface area contributed by atoms with Crippen molar-refractivity contribution in [2.45, 2.75) is 0 Å². The molecule has 4 nitrogen and oxygen atoms in total. The molecule has 1 aliphatic heterocycles. The third-order valence-electron chi connectivity index (χ3n) is 1.88. The minimum absolute atomic E-state index is 0. The number of hydrogen-bond acceptors (Lipinski definition) is 4. The van der Waals surface area contributed by atoms with E-state index in [0.717, 1.165) is 0 Å². The maximum absolute atomic E-state index is 11.3. The summed E-state index contributed by atoms with van der Waals surface area (Å²) in [7, 11) is 0. The van der Waals surface area contributed by atoms with Crippen molar-refractivity contribution in [1.82, 2.24) is 0 Å². The van der Waals surface area contributed by atoms with Gasteiger partial charge in [-0.05, 0) is 18.2 Å². The minimum Gasteiger partial charge on any atom is -0.458 e. The van der Waals surface area contributed by atoms with E-state index in [-0.39, 0.29) is 42.8 Å². The first kappa shape index (κ1) is 12.2. The second-order valence-electron chi connectivity index (χ2n) is 2.85. The molecular weight excluding hydrogens is 207 g/mol. The van der Waals surface area contributed by atoms with Crippen LogP contribution in [0.25, 0.3) is 0 Å². The van der Waals surface area contributed by atoms with Crippen LogP contribution >= 0.6 is 0 Å². The van der Waals surface area contributed by atoms with E-state index in [0.29, 0.717) is 11.1 Å². The van der Waals surface area contributed by atoms with Gasteiger partial charge in [0.25, 0.3) is 0 Å². The van der Waals surface area contributed by atoms with E-state index in [1.807, 2.05) is 0 Å². The molecule has 0 aliphatic carbocycles. The Morgan fingerprint density at radius 3 is 1.87 bits per heavy atom. The van der Waals surface area contributed by atoms with Gasteiger partial charge in [0.15, 0.2) is 0 Å². The van der Waals surface area contributed by atoms with Crippen LogP contribution in [0.3, 0.4) is 0 Å². The Bertz CT molecular complexity index is 356. The number of benzene rings is 1. The van der Waals surface area contributed by atoms with E-state index in [4.69, 9.17) is 9.47 Å². The topological polar surface area (TPSA) is 52.6 Å². The van der Waals surface area contributed by atoms with Crippen LogP contribution in [0, 0.1) is 0 Å². The summed E-state index contributed by atoms with van der Waals surface area (Å²) in [5.74, 6) is -0.852. The first-order valence-corrected chi connectivity index (χ1v) is 4.22. The SMILES string of the molecule is O=C1OCCOC(=O)c2cccc1c2.[Na]. The van der Waals surface area contributed by atoms with Gasteiger partial charge in [-0.3, -0.25) is 0 Å². The smallest absolute Gasteiger partial charge is 0.338 e. The minimum atomic E-state index is -0.426. The molecule has 15 heavy (non-hydrogen) atoms. The molecule has 0 fully saturated rings. The quantitative estimate of drug-likeness (QED) is 0.470. The van der Waals surface area contributed by atoms with Gasteiger partial charge in [0.05, 0.1) is 11.1 Å². The molecule has 2 bridgehead atoms. The molecule has 0 spiro atoms. The Morgan fingerprint density at radius 1 is 0.933 bits per heavy atom. The molecule has 0 unspecified atom stereocenters. The number of rotatable bonds is 0. The predicted molar refractivity (Wildman–Crippen MR) is 52.8 cm³/mol. The Labute approximate surface area is 109 Å². The van der Waals surface area contributed by atoms with E-state index >= 15 is 0 Å². The first-order chi connectivity index (χ1) is 6.77. The van der Waals surface area contributed by atoms with Gasteiger partial charge in [-0.25, -0.2) is 9.59 Å². The Kier molecular flexibility index (Phi) is 4.32. The van der Waals surface area contributed by atoms with Crippen molar-refractivity contribution in [3.05, 3.63) is 35.4 Å². The van der Waals surface area contributed by atoms with Gasteiger partial charge in [0.1, 0.15) is 13.2 Å². The second-order valence-corrected chi connectivity index (χ2v) is 2.85. The number of carbonyl (C=O) groups is 2. The van der Waals surface area contributed by atoms with E-state index in [1.54, 1.807) is 18.2 Å². The van der Waals surface area contributed by atoms with Crippen LogP contribution in [0.4, 0.5) is 0 Å². The molecule has 0 N–H and O–H groups in total. The molecule has 1 aromatic rings. The van der Waals surface area contributed by atoms with E-state index < -0.39 is 11.9 Å². The van der Waals surface area contributed by atoms with Crippen LogP contribution in [0.1, 0.15) is 20.7 Å². The van der Waals surface area contributed by atoms with Gasteiger partial charge in [-0.2, -0.15) is 0 Å². The number of esters is 2. The van der Waals surface area contributed by atoms with Gasteiger partial charge in [-0.15, -0.1) is 0 Å². The van der Waals surface area contributed by atoms with Crippen LogP contribution in [0.15, 0.2) is 24.3 Å². The van der Waals surface area contributed by atoms with E-state index in [9.17, 15) is 9.59 Å². The summed E-state index contributed by atoms with van der Waals surface area (Å²) in [4.78, 5) is 22.6. The summed E-state index contributed by atoms with van der Waals surface area (Å²) in [5, 5.41) is 0. The Morgan fingerprint density at radius 2 is 1.40 bits per heavy atom. The first-order valence-electron chi connectivity index (χ1n) is 4.22. The predicted octanol–water partition coefficient (Wildman–Crippen LogP) is 0.633. The van der Waals surface area contributed by atoms with Crippen molar-refractivity contribution >= 4 is 41.5 Å². The van der Waals surface area contributed by atoms with Crippen LogP contribution < -0.4 is 0 Å². The third-order valence-corrected chi connectivity index (χ3v) is 1.88. The molecule has 0 aromatic heterocycles. The fraction of sp³-hybridized carbons (Fsp3) is 0.200. The summed E-state index contributed by atoms with van der Waals surface area (Å²) in [6.07, 6.45) is 0. The largest absolute Gasteiger partial charge is 0.458 e. The molecule has 73 valence electrons. The number of hydrogen-bond donors (Lipinski definition) is 0. The maximum atomic E-state index is 11.3. The summed E-state index contributed by atoms with van der Waals surface area (Å²) in [5.41, 5.74) is 0.753. The number of carbonyl (C=O) groups excluding carboxylic acids is 2. The molecule has 1 aliphatic rings. The van der Waals surface area contributed by atoms with Gasteiger partial charge >= 0.3 is 11.9 Å². The normalized spacial score (nSPS) is 14.9. The number of fused-ring (bicyclic) bond motifs is 2. The Hall–Kier alpha value is -0.840.